The molecule has 0 spiro atoms. The van der Waals surface area contributed by atoms with Crippen molar-refractivity contribution in [1.29, 1.82) is 0 Å². The molecule has 0 saturated carbocycles. The molecule has 4 heterocycles. The van der Waals surface area contributed by atoms with Gasteiger partial charge in [0.25, 0.3) is 5.91 Å². The molecule has 3 aromatic heterocycles. The normalized spacial score (nSPS) is 13.8. The second-order valence-corrected chi connectivity index (χ2v) is 10.3. The minimum Gasteiger partial charge on any atom is -0.475 e. The van der Waals surface area contributed by atoms with Gasteiger partial charge in [0.05, 0.1) is 18.5 Å². The van der Waals surface area contributed by atoms with E-state index in [-0.39, 0.29) is 5.91 Å². The first-order valence-electron chi connectivity index (χ1n) is 13.8. The van der Waals surface area contributed by atoms with Crippen LogP contribution in [0.3, 0.4) is 0 Å². The maximum Gasteiger partial charge on any atom is 0.490 e. The fourth-order valence-corrected chi connectivity index (χ4v) is 4.28. The SMILES string of the molecule is COCCN(C)c1nc(C2CCN(C(=O)c3ccccn3)CC2)cc2c1ncn2C(C)C.O=C(O)C(F)(F)F.O=C(O)C(F)(F)F. The fourth-order valence-electron chi connectivity index (χ4n) is 4.28. The van der Waals surface area contributed by atoms with Gasteiger partial charge in [0, 0.05) is 57.6 Å². The number of pyridine rings is 2. The quantitative estimate of drug-likeness (QED) is 0.338. The molecule has 254 valence electrons. The maximum absolute atomic E-state index is 12.8. The van der Waals surface area contributed by atoms with E-state index >= 15 is 0 Å². The number of fused-ring (bicyclic) bond motifs is 1. The summed E-state index contributed by atoms with van der Waals surface area (Å²) >= 11 is 0. The Hall–Kier alpha value is -4.48. The largest absolute Gasteiger partial charge is 0.490 e. The second kappa shape index (κ2) is 16.2. The number of amides is 1. The average molecular weight is 665 g/mol. The van der Waals surface area contributed by atoms with E-state index in [1.165, 1.54) is 0 Å². The van der Waals surface area contributed by atoms with Crippen LogP contribution in [0.5, 0.6) is 0 Å². The van der Waals surface area contributed by atoms with Crippen LogP contribution in [-0.2, 0) is 14.3 Å². The summed E-state index contributed by atoms with van der Waals surface area (Å²) in [6.45, 7) is 7.11. The molecule has 1 saturated heterocycles. The van der Waals surface area contributed by atoms with E-state index in [1.54, 1.807) is 19.4 Å². The number of ether oxygens (including phenoxy) is 1. The molecule has 2 N–H and O–H groups in total. The van der Waals surface area contributed by atoms with Crippen molar-refractivity contribution in [2.75, 3.05) is 45.3 Å². The second-order valence-electron chi connectivity index (χ2n) is 10.3. The smallest absolute Gasteiger partial charge is 0.475 e. The number of carboxylic acids is 2. The zero-order valence-electron chi connectivity index (χ0n) is 25.3. The number of likely N-dealkylation sites (N-methyl/N-ethyl adjacent to an activating group) is 1. The van der Waals surface area contributed by atoms with Crippen molar-refractivity contribution in [1.82, 2.24) is 24.4 Å². The van der Waals surface area contributed by atoms with Gasteiger partial charge in [-0.25, -0.2) is 19.6 Å². The molecule has 1 aliphatic rings. The summed E-state index contributed by atoms with van der Waals surface area (Å²) in [6, 6.07) is 7.96. The standard InChI is InChI=1S/C24H32N6O2.2C2HF3O2/c1-17(2)30-16-26-22-21(30)15-20(27-23(22)28(3)13-14-32-4)18-8-11-29(12-9-18)24(31)19-7-5-6-10-25-19;2*3-2(4,5)1(6)7/h5-7,10,15-18H,8-9,11-14H2,1-4H3;2*(H,6,7). The van der Waals surface area contributed by atoms with Crippen LogP contribution in [0.1, 0.15) is 54.8 Å². The number of nitrogens with zero attached hydrogens (tertiary/aromatic N) is 6. The minimum atomic E-state index is -5.08. The van der Waals surface area contributed by atoms with Gasteiger partial charge < -0.3 is 29.3 Å². The Morgan fingerprint density at radius 2 is 1.59 bits per heavy atom. The highest BCUT2D eigenvalue weighted by Gasteiger charge is 2.39. The van der Waals surface area contributed by atoms with E-state index in [2.05, 4.69) is 39.3 Å². The van der Waals surface area contributed by atoms with Gasteiger partial charge in [0.15, 0.2) is 5.82 Å². The molecule has 0 radical (unpaired) electrons. The van der Waals surface area contributed by atoms with Crippen molar-refractivity contribution < 1.29 is 55.7 Å². The number of hydrogen-bond acceptors (Lipinski definition) is 8. The summed E-state index contributed by atoms with van der Waals surface area (Å²) < 4.78 is 70.9. The Labute approximate surface area is 259 Å². The van der Waals surface area contributed by atoms with E-state index in [1.807, 2.05) is 30.4 Å². The molecule has 0 aromatic carbocycles. The van der Waals surface area contributed by atoms with Crippen LogP contribution >= 0.6 is 0 Å². The lowest BCUT2D eigenvalue weighted by atomic mass is 9.92. The van der Waals surface area contributed by atoms with E-state index < -0.39 is 24.3 Å². The number of aromatic nitrogens is 4. The van der Waals surface area contributed by atoms with Gasteiger partial charge in [-0.2, -0.15) is 26.3 Å². The van der Waals surface area contributed by atoms with Crippen molar-refractivity contribution in [3.05, 3.63) is 48.2 Å². The predicted molar refractivity (Wildman–Crippen MR) is 153 cm³/mol. The number of carbonyl (C=O) groups excluding carboxylic acids is 1. The Morgan fingerprint density at radius 1 is 1.02 bits per heavy atom. The van der Waals surface area contributed by atoms with Crippen molar-refractivity contribution >= 4 is 34.7 Å². The zero-order chi connectivity index (χ0) is 34.8. The number of piperidine rings is 1. The van der Waals surface area contributed by atoms with Gasteiger partial charge in [0.1, 0.15) is 11.2 Å². The monoisotopic (exact) mass is 664 g/mol. The van der Waals surface area contributed by atoms with Crippen LogP contribution in [0.4, 0.5) is 32.2 Å². The Balaban J connectivity index is 0.000000440. The third-order valence-corrected chi connectivity index (χ3v) is 6.68. The average Bonchev–Trinajstić information content (AvgIpc) is 3.44. The summed E-state index contributed by atoms with van der Waals surface area (Å²) in [7, 11) is 3.74. The number of hydrogen-bond donors (Lipinski definition) is 2. The predicted octanol–water partition coefficient (Wildman–Crippen LogP) is 4.78. The lowest BCUT2D eigenvalue weighted by Crippen LogP contribution is -2.38. The number of anilines is 1. The molecule has 46 heavy (non-hydrogen) atoms. The lowest BCUT2D eigenvalue weighted by molar-refractivity contribution is -0.193. The van der Waals surface area contributed by atoms with Crippen molar-refractivity contribution in [3.63, 3.8) is 0 Å². The summed E-state index contributed by atoms with van der Waals surface area (Å²) in [5.41, 5.74) is 3.61. The third-order valence-electron chi connectivity index (χ3n) is 6.68. The van der Waals surface area contributed by atoms with Gasteiger partial charge >= 0.3 is 24.3 Å². The highest BCUT2D eigenvalue weighted by Crippen LogP contribution is 2.33. The number of rotatable bonds is 7. The maximum atomic E-state index is 12.8. The van der Waals surface area contributed by atoms with Gasteiger partial charge in [-0.3, -0.25) is 9.78 Å². The van der Waals surface area contributed by atoms with Crippen LogP contribution in [-0.4, -0.2) is 105 Å². The number of carboxylic acid groups (broad SMARTS) is 2. The summed E-state index contributed by atoms with van der Waals surface area (Å²) in [6.07, 6.45) is -4.83. The van der Waals surface area contributed by atoms with E-state index in [0.29, 0.717) is 37.4 Å². The number of halogens is 6. The van der Waals surface area contributed by atoms with E-state index in [9.17, 15) is 31.1 Å². The van der Waals surface area contributed by atoms with Crippen molar-refractivity contribution in [2.24, 2.45) is 0 Å². The molecule has 12 nitrogen and oxygen atoms in total. The van der Waals surface area contributed by atoms with Gasteiger partial charge in [-0.1, -0.05) is 6.07 Å². The Bertz CT molecular complexity index is 1430. The number of carbonyl (C=O) groups is 3. The molecule has 0 atom stereocenters. The van der Waals surface area contributed by atoms with Gasteiger partial charge in [0.2, 0.25) is 0 Å². The van der Waals surface area contributed by atoms with Crippen LogP contribution in [0.2, 0.25) is 0 Å². The molecule has 1 amide bonds. The highest BCUT2D eigenvalue weighted by molar-refractivity contribution is 5.92. The summed E-state index contributed by atoms with van der Waals surface area (Å²) in [5.74, 6) is -4.32. The van der Waals surface area contributed by atoms with E-state index in [4.69, 9.17) is 29.5 Å². The Kier molecular flexibility index (Phi) is 13.3. The van der Waals surface area contributed by atoms with Crippen molar-refractivity contribution in [2.45, 2.75) is 51.0 Å². The molecular formula is C28H34F6N6O6. The topological polar surface area (TPSA) is 151 Å². The van der Waals surface area contributed by atoms with E-state index in [0.717, 1.165) is 41.9 Å². The molecular weight excluding hydrogens is 630 g/mol. The molecule has 3 aromatic rings. The molecule has 0 bridgehead atoms. The van der Waals surface area contributed by atoms with Crippen LogP contribution in [0.25, 0.3) is 11.0 Å². The van der Waals surface area contributed by atoms with Crippen molar-refractivity contribution in [3.8, 4) is 0 Å². The molecule has 18 heteroatoms. The number of aliphatic carboxylic acids is 2. The molecule has 1 aliphatic heterocycles. The van der Waals surface area contributed by atoms with Gasteiger partial charge in [-0.05, 0) is 44.9 Å². The first-order valence-corrected chi connectivity index (χ1v) is 13.8. The number of imidazole rings is 1. The summed E-state index contributed by atoms with van der Waals surface area (Å²) in [5, 5.41) is 14.2. The zero-order valence-corrected chi connectivity index (χ0v) is 25.3. The Morgan fingerprint density at radius 3 is 2.04 bits per heavy atom. The van der Waals surface area contributed by atoms with Crippen LogP contribution < -0.4 is 4.90 Å². The van der Waals surface area contributed by atoms with Crippen LogP contribution in [0.15, 0.2) is 36.8 Å². The molecule has 0 aliphatic carbocycles. The third kappa shape index (κ3) is 10.6. The fraction of sp³-hybridized carbons (Fsp3) is 0.500. The number of alkyl halides is 6. The first-order chi connectivity index (χ1) is 21.4. The first kappa shape index (κ1) is 37.7. The lowest BCUT2D eigenvalue weighted by Gasteiger charge is -2.32. The number of methoxy groups -OCH3 is 1. The summed E-state index contributed by atoms with van der Waals surface area (Å²) in [4.78, 5) is 48.5. The minimum absolute atomic E-state index is 0.00494. The highest BCUT2D eigenvalue weighted by atomic mass is 19.4. The van der Waals surface area contributed by atoms with Crippen LogP contribution in [0, 0.1) is 0 Å². The number of likely N-dealkylation sites (tertiary alicyclic amines) is 1. The van der Waals surface area contributed by atoms with Gasteiger partial charge in [-0.15, -0.1) is 0 Å². The molecule has 4 rings (SSSR count). The molecule has 0 unspecified atom stereocenters. The molecule has 1 fully saturated rings.